The number of aromatic nitrogens is 2. The average Bonchev–Trinajstić information content (AvgIpc) is 3.35. The highest BCUT2D eigenvalue weighted by atomic mass is 16.2. The largest absolute Gasteiger partial charge is 0.338 e. The lowest BCUT2D eigenvalue weighted by Crippen LogP contribution is -2.39. The molecule has 0 bridgehead atoms. The van der Waals surface area contributed by atoms with E-state index in [0.717, 1.165) is 31.3 Å². The molecule has 23 heavy (non-hydrogen) atoms. The second-order valence-electron chi connectivity index (χ2n) is 6.67. The molecule has 1 aliphatic rings. The van der Waals surface area contributed by atoms with Gasteiger partial charge in [0.15, 0.2) is 0 Å². The minimum atomic E-state index is -0.225. The third-order valence-electron chi connectivity index (χ3n) is 4.30. The lowest BCUT2D eigenvalue weighted by molar-refractivity contribution is -0.132. The molecule has 0 N–H and O–H groups in total. The van der Waals surface area contributed by atoms with Crippen molar-refractivity contribution in [3.63, 3.8) is 0 Å². The fourth-order valence-corrected chi connectivity index (χ4v) is 2.80. The van der Waals surface area contributed by atoms with E-state index in [0.29, 0.717) is 17.5 Å². The minimum absolute atomic E-state index is 0.0339. The van der Waals surface area contributed by atoms with E-state index in [2.05, 4.69) is 18.8 Å². The lowest BCUT2D eigenvalue weighted by Gasteiger charge is -2.24. The number of carbonyl (C=O) groups excluding carboxylic acids is 1. The molecule has 0 saturated heterocycles. The van der Waals surface area contributed by atoms with E-state index in [-0.39, 0.29) is 18.0 Å². The zero-order chi connectivity index (χ0) is 16.4. The predicted molar refractivity (Wildman–Crippen MR) is 90.2 cm³/mol. The van der Waals surface area contributed by atoms with Gasteiger partial charge in [0.25, 0.3) is 5.56 Å². The molecule has 0 spiro atoms. The van der Waals surface area contributed by atoms with Crippen molar-refractivity contribution in [1.82, 2.24) is 14.5 Å². The molecule has 0 atom stereocenters. The Bertz CT molecular complexity index is 762. The molecule has 1 saturated carbocycles. The van der Waals surface area contributed by atoms with Crippen molar-refractivity contribution < 1.29 is 4.79 Å². The molecule has 1 amide bonds. The van der Waals surface area contributed by atoms with Gasteiger partial charge in [0.2, 0.25) is 5.91 Å². The average molecular weight is 313 g/mol. The number of rotatable bonds is 6. The van der Waals surface area contributed by atoms with Crippen LogP contribution in [0.4, 0.5) is 0 Å². The SMILES string of the molecule is CC(C)CCN(C(=O)Cn1c(=O)cnc2ccccc21)C1CC1. The van der Waals surface area contributed by atoms with Gasteiger partial charge in [-0.2, -0.15) is 0 Å². The van der Waals surface area contributed by atoms with Crippen LogP contribution in [0.15, 0.2) is 35.3 Å². The van der Waals surface area contributed by atoms with Gasteiger partial charge >= 0.3 is 0 Å². The number of carbonyl (C=O) groups is 1. The molecular weight excluding hydrogens is 290 g/mol. The molecule has 1 aromatic carbocycles. The molecule has 0 aliphatic heterocycles. The van der Waals surface area contributed by atoms with E-state index in [4.69, 9.17) is 0 Å². The first-order valence-electron chi connectivity index (χ1n) is 8.30. The van der Waals surface area contributed by atoms with Gasteiger partial charge in [0, 0.05) is 12.6 Å². The van der Waals surface area contributed by atoms with Crippen molar-refractivity contribution in [2.75, 3.05) is 6.54 Å². The molecule has 5 nitrogen and oxygen atoms in total. The Hall–Kier alpha value is -2.17. The topological polar surface area (TPSA) is 55.2 Å². The summed E-state index contributed by atoms with van der Waals surface area (Å²) in [5.41, 5.74) is 1.23. The van der Waals surface area contributed by atoms with Crippen LogP contribution in [0, 0.1) is 5.92 Å². The smallest absolute Gasteiger partial charge is 0.269 e. The maximum absolute atomic E-state index is 12.7. The van der Waals surface area contributed by atoms with Gasteiger partial charge < -0.3 is 4.90 Å². The summed E-state index contributed by atoms with van der Waals surface area (Å²) in [7, 11) is 0. The highest BCUT2D eigenvalue weighted by Gasteiger charge is 2.32. The number of amides is 1. The van der Waals surface area contributed by atoms with Crippen molar-refractivity contribution in [2.24, 2.45) is 5.92 Å². The van der Waals surface area contributed by atoms with Gasteiger partial charge in [-0.25, -0.2) is 4.98 Å². The number of nitrogens with zero attached hydrogens (tertiary/aromatic N) is 3. The van der Waals surface area contributed by atoms with Gasteiger partial charge in [-0.3, -0.25) is 14.2 Å². The van der Waals surface area contributed by atoms with E-state index >= 15 is 0 Å². The number of hydrogen-bond donors (Lipinski definition) is 0. The van der Waals surface area contributed by atoms with Crippen LogP contribution in [-0.4, -0.2) is 32.9 Å². The van der Waals surface area contributed by atoms with E-state index in [9.17, 15) is 9.59 Å². The van der Waals surface area contributed by atoms with Crippen LogP contribution in [0.5, 0.6) is 0 Å². The van der Waals surface area contributed by atoms with Crippen molar-refractivity contribution in [3.8, 4) is 0 Å². The van der Waals surface area contributed by atoms with Gasteiger partial charge in [0.1, 0.15) is 6.54 Å². The highest BCUT2D eigenvalue weighted by molar-refractivity contribution is 5.80. The number of hydrogen-bond acceptors (Lipinski definition) is 3. The Morgan fingerprint density at radius 2 is 2.09 bits per heavy atom. The van der Waals surface area contributed by atoms with Gasteiger partial charge in [-0.15, -0.1) is 0 Å². The minimum Gasteiger partial charge on any atom is -0.338 e. The lowest BCUT2D eigenvalue weighted by atomic mass is 10.1. The van der Waals surface area contributed by atoms with Crippen molar-refractivity contribution in [1.29, 1.82) is 0 Å². The third kappa shape index (κ3) is 3.60. The monoisotopic (exact) mass is 313 g/mol. The molecule has 1 aromatic heterocycles. The number of benzene rings is 1. The number of para-hydroxylation sites is 2. The van der Waals surface area contributed by atoms with E-state index in [1.54, 1.807) is 0 Å². The predicted octanol–water partition coefficient (Wildman–Crippen LogP) is 2.43. The van der Waals surface area contributed by atoms with Crippen molar-refractivity contribution in [3.05, 3.63) is 40.8 Å². The van der Waals surface area contributed by atoms with E-state index < -0.39 is 0 Å². The quantitative estimate of drug-likeness (QED) is 0.823. The van der Waals surface area contributed by atoms with Crippen LogP contribution >= 0.6 is 0 Å². The van der Waals surface area contributed by atoms with Gasteiger partial charge in [-0.1, -0.05) is 26.0 Å². The number of fused-ring (bicyclic) bond motifs is 1. The first-order valence-corrected chi connectivity index (χ1v) is 8.30. The van der Waals surface area contributed by atoms with E-state index in [1.807, 2.05) is 29.2 Å². The maximum Gasteiger partial charge on any atom is 0.269 e. The second kappa shape index (κ2) is 6.52. The zero-order valence-electron chi connectivity index (χ0n) is 13.7. The molecule has 3 rings (SSSR count). The normalized spacial score (nSPS) is 14.4. The molecule has 5 heteroatoms. The molecule has 1 heterocycles. The van der Waals surface area contributed by atoms with Crippen LogP contribution in [0.1, 0.15) is 33.1 Å². The molecule has 0 unspecified atom stereocenters. The van der Waals surface area contributed by atoms with Crippen molar-refractivity contribution >= 4 is 16.9 Å². The molecule has 122 valence electrons. The van der Waals surface area contributed by atoms with Crippen LogP contribution in [0.2, 0.25) is 0 Å². The summed E-state index contributed by atoms with van der Waals surface area (Å²) in [5, 5.41) is 0. The Kier molecular flexibility index (Phi) is 4.46. The van der Waals surface area contributed by atoms with E-state index in [1.165, 1.54) is 10.8 Å². The molecule has 0 radical (unpaired) electrons. The van der Waals surface area contributed by atoms with Crippen LogP contribution in [-0.2, 0) is 11.3 Å². The summed E-state index contributed by atoms with van der Waals surface area (Å²) in [6.45, 7) is 5.20. The first kappa shape index (κ1) is 15.7. The summed E-state index contributed by atoms with van der Waals surface area (Å²) in [6.07, 6.45) is 4.45. The van der Waals surface area contributed by atoms with Crippen LogP contribution in [0.25, 0.3) is 11.0 Å². The Balaban J connectivity index is 1.84. The molecular formula is C18H23N3O2. The van der Waals surface area contributed by atoms with Crippen LogP contribution < -0.4 is 5.56 Å². The fourth-order valence-electron chi connectivity index (χ4n) is 2.80. The maximum atomic E-state index is 12.7. The van der Waals surface area contributed by atoms with Crippen LogP contribution in [0.3, 0.4) is 0 Å². The fraction of sp³-hybridized carbons (Fsp3) is 0.500. The Labute approximate surface area is 135 Å². The summed E-state index contributed by atoms with van der Waals surface area (Å²) in [5.74, 6) is 0.597. The Morgan fingerprint density at radius 3 is 2.78 bits per heavy atom. The molecule has 2 aromatic rings. The molecule has 1 aliphatic carbocycles. The zero-order valence-corrected chi connectivity index (χ0v) is 13.7. The summed E-state index contributed by atoms with van der Waals surface area (Å²) in [4.78, 5) is 31.0. The third-order valence-corrected chi connectivity index (χ3v) is 4.30. The second-order valence-corrected chi connectivity index (χ2v) is 6.67. The summed E-state index contributed by atoms with van der Waals surface area (Å²) >= 11 is 0. The summed E-state index contributed by atoms with van der Waals surface area (Å²) < 4.78 is 1.54. The van der Waals surface area contributed by atoms with Gasteiger partial charge in [0.05, 0.1) is 17.2 Å². The van der Waals surface area contributed by atoms with Crippen molar-refractivity contribution in [2.45, 2.75) is 45.7 Å². The Morgan fingerprint density at radius 1 is 1.35 bits per heavy atom. The van der Waals surface area contributed by atoms with Gasteiger partial charge in [-0.05, 0) is 37.3 Å². The first-order chi connectivity index (χ1) is 11.1. The highest BCUT2D eigenvalue weighted by Crippen LogP contribution is 2.27. The standard InChI is InChI=1S/C18H23N3O2/c1-13(2)9-10-20(14-7-8-14)18(23)12-21-16-6-4-3-5-15(16)19-11-17(21)22/h3-6,11,13-14H,7-10,12H2,1-2H3. The molecule has 1 fully saturated rings. The summed E-state index contributed by atoms with van der Waals surface area (Å²) in [6, 6.07) is 7.80.